The van der Waals surface area contributed by atoms with Crippen LogP contribution in [0.2, 0.25) is 0 Å². The van der Waals surface area contributed by atoms with Gasteiger partial charge in [0, 0.05) is 47.9 Å². The number of aromatic amines is 2. The van der Waals surface area contributed by atoms with E-state index in [1.807, 2.05) is 75.3 Å². The molecule has 2 N–H and O–H groups in total. The number of benzene rings is 2. The lowest BCUT2D eigenvalue weighted by molar-refractivity contribution is 0.102. The molecule has 0 bridgehead atoms. The number of nitrogens with zero attached hydrogens (tertiary/aromatic N) is 3. The minimum atomic E-state index is -0.323. The molecule has 0 aliphatic heterocycles. The van der Waals surface area contributed by atoms with Gasteiger partial charge < -0.3 is 9.88 Å². The number of aromatic nitrogens is 4. The number of carbonyl (C=O) groups is 1. The van der Waals surface area contributed by atoms with Crippen molar-refractivity contribution in [3.05, 3.63) is 92.7 Å². The Morgan fingerprint density at radius 2 is 1.92 bits per heavy atom. The summed E-state index contributed by atoms with van der Waals surface area (Å²) in [5, 5.41) is 7.93. The van der Waals surface area contributed by atoms with Crippen molar-refractivity contribution in [2.75, 3.05) is 19.0 Å². The number of allylic oxidation sites excluding steroid dienone is 3. The number of hydrogen-bond acceptors (Lipinski definition) is 5. The van der Waals surface area contributed by atoms with Crippen LogP contribution in [-0.2, 0) is 6.42 Å². The number of H-pyrrole nitrogens is 2. The summed E-state index contributed by atoms with van der Waals surface area (Å²) >= 11 is 1.45. The summed E-state index contributed by atoms with van der Waals surface area (Å²) in [6, 6.07) is 11.9. The fraction of sp³-hybridized carbons (Fsp3) is 0.194. The number of Topliss-reactive ketones (excluding diaryl/α,β-unsaturated/α-hetero) is 1. The maximum Gasteiger partial charge on any atom is 0.169 e. The van der Waals surface area contributed by atoms with Gasteiger partial charge in [-0.05, 0) is 67.8 Å². The van der Waals surface area contributed by atoms with Crippen molar-refractivity contribution in [3.8, 4) is 22.6 Å². The highest BCUT2D eigenvalue weighted by molar-refractivity contribution is 7.15. The van der Waals surface area contributed by atoms with Gasteiger partial charge in [0.15, 0.2) is 11.6 Å². The van der Waals surface area contributed by atoms with Crippen molar-refractivity contribution < 1.29 is 9.18 Å². The van der Waals surface area contributed by atoms with Crippen LogP contribution in [-0.4, -0.2) is 40.0 Å². The zero-order valence-corrected chi connectivity index (χ0v) is 23.3. The molecule has 6 rings (SSSR count). The molecular weight excluding hydrogens is 509 g/mol. The second kappa shape index (κ2) is 9.47. The molecule has 0 radical (unpaired) electrons. The lowest BCUT2D eigenvalue weighted by atomic mass is 9.95. The van der Waals surface area contributed by atoms with Crippen molar-refractivity contribution >= 4 is 39.3 Å². The van der Waals surface area contributed by atoms with Crippen molar-refractivity contribution in [3.63, 3.8) is 0 Å². The van der Waals surface area contributed by atoms with Crippen molar-refractivity contribution in [1.82, 2.24) is 20.2 Å². The van der Waals surface area contributed by atoms with Crippen LogP contribution in [0.4, 0.5) is 10.1 Å². The third kappa shape index (κ3) is 4.30. The van der Waals surface area contributed by atoms with E-state index in [2.05, 4.69) is 27.3 Å². The van der Waals surface area contributed by atoms with Crippen LogP contribution < -0.4 is 4.90 Å². The van der Waals surface area contributed by atoms with E-state index in [0.29, 0.717) is 39.3 Å². The van der Waals surface area contributed by atoms with Gasteiger partial charge in [-0.3, -0.25) is 9.89 Å². The van der Waals surface area contributed by atoms with Crippen LogP contribution in [0.25, 0.3) is 39.1 Å². The monoisotopic (exact) mass is 537 g/mol. The molecule has 39 heavy (non-hydrogen) atoms. The number of imidazole rings is 1. The van der Waals surface area contributed by atoms with Crippen molar-refractivity contribution in [2.45, 2.75) is 27.2 Å². The Labute approximate surface area is 229 Å². The van der Waals surface area contributed by atoms with Gasteiger partial charge in [0.1, 0.15) is 11.5 Å². The molecule has 0 saturated carbocycles. The van der Waals surface area contributed by atoms with E-state index in [1.54, 1.807) is 6.92 Å². The topological polar surface area (TPSA) is 77.7 Å². The Balaban J connectivity index is 1.50. The first kappa shape index (κ1) is 25.0. The maximum absolute atomic E-state index is 16.5. The van der Waals surface area contributed by atoms with Crippen LogP contribution in [0.1, 0.15) is 44.0 Å². The van der Waals surface area contributed by atoms with E-state index >= 15 is 4.39 Å². The van der Waals surface area contributed by atoms with Gasteiger partial charge in [0.2, 0.25) is 0 Å². The average molecular weight is 538 g/mol. The SMILES string of the molecule is CC(=O)c1ccc(C2=CC=CCc3[nH]c(-c4n[nH]c5cc(C)c(-c6cc(C)cc(N(C)C)c6)c(F)c45)nc32)s1. The van der Waals surface area contributed by atoms with Crippen LogP contribution in [0.5, 0.6) is 0 Å². The highest BCUT2D eigenvalue weighted by atomic mass is 32.1. The number of fused-ring (bicyclic) bond motifs is 2. The Bertz CT molecular complexity index is 1840. The molecule has 8 heteroatoms. The molecule has 5 aromatic rings. The number of nitrogens with one attached hydrogen (secondary N) is 2. The van der Waals surface area contributed by atoms with Crippen molar-refractivity contribution in [2.24, 2.45) is 0 Å². The summed E-state index contributed by atoms with van der Waals surface area (Å²) in [6.07, 6.45) is 6.72. The van der Waals surface area contributed by atoms with Gasteiger partial charge >= 0.3 is 0 Å². The molecule has 196 valence electrons. The summed E-state index contributed by atoms with van der Waals surface area (Å²) in [5.74, 6) is 0.216. The second-order valence-electron chi connectivity index (χ2n) is 10.2. The van der Waals surface area contributed by atoms with E-state index in [9.17, 15) is 4.79 Å². The smallest absolute Gasteiger partial charge is 0.169 e. The van der Waals surface area contributed by atoms with Crippen LogP contribution in [0.3, 0.4) is 0 Å². The zero-order valence-electron chi connectivity index (χ0n) is 22.4. The summed E-state index contributed by atoms with van der Waals surface area (Å²) in [6.45, 7) is 5.51. The van der Waals surface area contributed by atoms with Gasteiger partial charge in [-0.15, -0.1) is 11.3 Å². The molecule has 0 amide bonds. The molecule has 0 atom stereocenters. The molecular formula is C31H28FN5OS. The zero-order chi connectivity index (χ0) is 27.4. The molecule has 1 aliphatic rings. The third-order valence-corrected chi connectivity index (χ3v) is 8.27. The lowest BCUT2D eigenvalue weighted by Gasteiger charge is -2.17. The average Bonchev–Trinajstić information content (AvgIpc) is 3.60. The Morgan fingerprint density at radius 1 is 1.10 bits per heavy atom. The first-order valence-corrected chi connectivity index (χ1v) is 13.6. The lowest BCUT2D eigenvalue weighted by Crippen LogP contribution is -2.09. The molecule has 0 spiro atoms. The van der Waals surface area contributed by atoms with Crippen molar-refractivity contribution in [1.29, 1.82) is 0 Å². The number of halogens is 1. The number of carbonyl (C=O) groups excluding carboxylic acids is 1. The molecule has 0 fully saturated rings. The number of rotatable bonds is 5. The van der Waals surface area contributed by atoms with Gasteiger partial charge in [-0.2, -0.15) is 5.10 Å². The maximum atomic E-state index is 16.5. The first-order valence-electron chi connectivity index (χ1n) is 12.8. The predicted octanol–water partition coefficient (Wildman–Crippen LogP) is 7.25. The molecule has 3 heterocycles. The number of hydrogen-bond donors (Lipinski definition) is 2. The Kier molecular flexibility index (Phi) is 6.07. The first-order chi connectivity index (χ1) is 18.7. The molecule has 3 aromatic heterocycles. The number of thiophene rings is 1. The molecule has 6 nitrogen and oxygen atoms in total. The number of ketones is 1. The molecule has 0 unspecified atom stereocenters. The summed E-state index contributed by atoms with van der Waals surface area (Å²) < 4.78 is 16.5. The molecule has 1 aliphatic carbocycles. The second-order valence-corrected chi connectivity index (χ2v) is 11.3. The summed E-state index contributed by atoms with van der Waals surface area (Å²) in [5.41, 5.74) is 7.97. The van der Waals surface area contributed by atoms with Crippen LogP contribution in [0, 0.1) is 19.7 Å². The van der Waals surface area contributed by atoms with Gasteiger partial charge in [0.25, 0.3) is 0 Å². The van der Waals surface area contributed by atoms with E-state index in [0.717, 1.165) is 44.2 Å². The molecule has 2 aromatic carbocycles. The highest BCUT2D eigenvalue weighted by Crippen LogP contribution is 2.39. The van der Waals surface area contributed by atoms with Gasteiger partial charge in [-0.1, -0.05) is 24.3 Å². The van der Waals surface area contributed by atoms with E-state index in [-0.39, 0.29) is 11.6 Å². The Hall–Kier alpha value is -4.30. The normalized spacial score (nSPS) is 12.9. The fourth-order valence-corrected chi connectivity index (χ4v) is 6.08. The summed E-state index contributed by atoms with van der Waals surface area (Å²) in [4.78, 5) is 23.9. The number of anilines is 1. The van der Waals surface area contributed by atoms with E-state index in [4.69, 9.17) is 4.98 Å². The summed E-state index contributed by atoms with van der Waals surface area (Å²) in [7, 11) is 3.96. The standard InChI is InChI=1S/C31H28FN5OS/c1-16-12-19(15-20(13-16)37(4)5)26-17(2)14-23-27(28(26)32)30(36-35-23)31-33-22-9-7-6-8-21(29(22)34-31)25-11-10-24(39-25)18(3)38/h6-8,10-15H,9H2,1-5H3,(H,33,34)(H,35,36). The minimum Gasteiger partial charge on any atom is -0.378 e. The highest BCUT2D eigenvalue weighted by Gasteiger charge is 2.24. The Morgan fingerprint density at radius 3 is 2.67 bits per heavy atom. The van der Waals surface area contributed by atoms with Gasteiger partial charge in [-0.25, -0.2) is 9.37 Å². The predicted molar refractivity (Wildman–Crippen MR) is 157 cm³/mol. The van der Waals surface area contributed by atoms with E-state index < -0.39 is 0 Å². The number of aryl methyl sites for hydroxylation is 2. The third-order valence-electron chi connectivity index (χ3n) is 7.05. The van der Waals surface area contributed by atoms with Gasteiger partial charge in [0.05, 0.1) is 21.5 Å². The largest absolute Gasteiger partial charge is 0.378 e. The fourth-order valence-electron chi connectivity index (χ4n) is 5.15. The van der Waals surface area contributed by atoms with Crippen LogP contribution in [0.15, 0.2) is 54.6 Å². The minimum absolute atomic E-state index is 0.0369. The quantitative estimate of drug-likeness (QED) is 0.232. The molecule has 0 saturated heterocycles. The van der Waals surface area contributed by atoms with Crippen LogP contribution >= 0.6 is 11.3 Å². The van der Waals surface area contributed by atoms with E-state index in [1.165, 1.54) is 11.3 Å².